The Morgan fingerprint density at radius 3 is 3.00 bits per heavy atom. The highest BCUT2D eigenvalue weighted by Crippen LogP contribution is 2.05. The van der Waals surface area contributed by atoms with Gasteiger partial charge in [0.1, 0.15) is 0 Å². The first-order valence-corrected chi connectivity index (χ1v) is 3.69. The van der Waals surface area contributed by atoms with Gasteiger partial charge >= 0.3 is 0 Å². The molecule has 2 nitrogen and oxygen atoms in total. The lowest BCUT2D eigenvalue weighted by molar-refractivity contribution is 0.406. The molecule has 1 aliphatic rings. The van der Waals surface area contributed by atoms with E-state index in [4.69, 9.17) is 11.2 Å². The number of rotatable bonds is 3. The van der Waals surface area contributed by atoms with Gasteiger partial charge in [0, 0.05) is 18.9 Å². The summed E-state index contributed by atoms with van der Waals surface area (Å²) in [4.78, 5) is 0. The number of hydrogen-bond acceptors (Lipinski definition) is 2. The summed E-state index contributed by atoms with van der Waals surface area (Å²) in [5.41, 5.74) is 0. The lowest BCUT2D eigenvalue weighted by atomic mass is 10.3. The molecule has 0 spiro atoms. The molecule has 1 fully saturated rings. The minimum Gasteiger partial charge on any atom is -0.371 e. The van der Waals surface area contributed by atoms with Gasteiger partial charge in [-0.25, -0.2) is 0 Å². The molecule has 0 aromatic heterocycles. The van der Waals surface area contributed by atoms with Crippen LogP contribution < -0.4 is 5.32 Å². The van der Waals surface area contributed by atoms with Gasteiger partial charge in [0.25, 0.3) is 0 Å². The fraction of sp³-hybridized carbons (Fsp3) is 0.556. The number of hydrogen-bond donors (Lipinski definition) is 1. The summed E-state index contributed by atoms with van der Waals surface area (Å²) in [6.45, 7) is 1.71. The molecule has 58 valence electrons. The smallest absolute Gasteiger partial charge is 0.0988 e. The van der Waals surface area contributed by atoms with E-state index >= 15 is 0 Å². The fourth-order valence-corrected chi connectivity index (χ4v) is 0.610. The summed E-state index contributed by atoms with van der Waals surface area (Å²) < 4.78 is 4.97. The summed E-state index contributed by atoms with van der Waals surface area (Å²) in [7, 11) is 0. The van der Waals surface area contributed by atoms with Crippen molar-refractivity contribution in [3.05, 3.63) is 0 Å². The molecule has 1 rings (SSSR count). The quantitative estimate of drug-likeness (QED) is 0.271. The predicted octanol–water partition coefficient (Wildman–Crippen LogP) is 0.349. The van der Waals surface area contributed by atoms with Gasteiger partial charge in [-0.2, -0.15) is 0 Å². The van der Waals surface area contributed by atoms with Gasteiger partial charge in [-0.1, -0.05) is 5.92 Å². The molecule has 0 amide bonds. The predicted molar refractivity (Wildman–Crippen MR) is 43.6 cm³/mol. The first-order chi connectivity index (χ1) is 5.43. The Kier molecular flexibility index (Phi) is 3.38. The average molecular weight is 149 g/mol. The van der Waals surface area contributed by atoms with Crippen molar-refractivity contribution in [2.45, 2.75) is 18.9 Å². The van der Waals surface area contributed by atoms with Gasteiger partial charge in [-0.05, 0) is 0 Å². The van der Waals surface area contributed by atoms with Crippen LogP contribution >= 0.6 is 0 Å². The zero-order valence-electron chi connectivity index (χ0n) is 6.39. The van der Waals surface area contributed by atoms with Crippen LogP contribution in [0.4, 0.5) is 0 Å². The van der Waals surface area contributed by atoms with E-state index in [0.29, 0.717) is 6.10 Å². The molecular formula is C9H11NO. The van der Waals surface area contributed by atoms with Crippen LogP contribution in [0.1, 0.15) is 12.8 Å². The molecule has 1 N–H and O–H groups in total. The van der Waals surface area contributed by atoms with E-state index in [1.807, 2.05) is 0 Å². The van der Waals surface area contributed by atoms with Crippen LogP contribution in [0.5, 0.6) is 0 Å². The molecule has 1 saturated heterocycles. The summed E-state index contributed by atoms with van der Waals surface area (Å²) in [5, 5.41) is 2.95. The van der Waals surface area contributed by atoms with Crippen LogP contribution in [-0.4, -0.2) is 19.3 Å². The van der Waals surface area contributed by atoms with Crippen molar-refractivity contribution >= 4 is 0 Å². The monoisotopic (exact) mass is 149 g/mol. The number of unbranched alkanes of at least 4 members (excludes halogenated alkanes) is 1. The molecule has 0 saturated carbocycles. The number of nitrogens with one attached hydrogen (secondary N) is 1. The Hall–Kier alpha value is -1.12. The maximum absolute atomic E-state index is 5.04. The molecule has 1 aliphatic heterocycles. The lowest BCUT2D eigenvalue weighted by Crippen LogP contribution is -2.12. The molecule has 1 heterocycles. The topological polar surface area (TPSA) is 24.6 Å². The third kappa shape index (κ3) is 4.31. The van der Waals surface area contributed by atoms with Gasteiger partial charge in [-0.15, -0.1) is 12.3 Å². The highest BCUT2D eigenvalue weighted by atomic mass is 16.6. The zero-order chi connectivity index (χ0) is 7.94. The van der Waals surface area contributed by atoms with Gasteiger partial charge in [0.15, 0.2) is 0 Å². The Balaban J connectivity index is 1.90. The van der Waals surface area contributed by atoms with Crippen molar-refractivity contribution in [2.24, 2.45) is 0 Å². The van der Waals surface area contributed by atoms with E-state index in [-0.39, 0.29) is 0 Å². The van der Waals surface area contributed by atoms with E-state index in [2.05, 4.69) is 23.2 Å². The normalized spacial score (nSPS) is 19.4. The number of epoxide rings is 1. The van der Waals surface area contributed by atoms with Gasteiger partial charge in [0.05, 0.1) is 19.3 Å². The van der Waals surface area contributed by atoms with E-state index in [1.165, 1.54) is 0 Å². The minimum atomic E-state index is 0.400. The molecule has 11 heavy (non-hydrogen) atoms. The molecule has 0 radical (unpaired) electrons. The molecule has 1 unspecified atom stereocenters. The number of ether oxygens (including phenoxy) is 1. The molecule has 0 bridgehead atoms. The van der Waals surface area contributed by atoms with Gasteiger partial charge < -0.3 is 10.1 Å². The molecule has 1 atom stereocenters. The zero-order valence-corrected chi connectivity index (χ0v) is 6.39. The summed E-state index contributed by atoms with van der Waals surface area (Å²) in [6, 6.07) is 2.82. The average Bonchev–Trinajstić information content (AvgIpc) is 2.80. The van der Waals surface area contributed by atoms with Crippen molar-refractivity contribution in [1.82, 2.24) is 5.32 Å². The SMILES string of the molecule is C#CCCC#CNCC1CO1. The Morgan fingerprint density at radius 2 is 2.36 bits per heavy atom. The number of terminal acetylenes is 1. The maximum Gasteiger partial charge on any atom is 0.0988 e. The minimum absolute atomic E-state index is 0.400. The van der Waals surface area contributed by atoms with Crippen LogP contribution in [0.3, 0.4) is 0 Å². The molecule has 0 aromatic rings. The molecular weight excluding hydrogens is 138 g/mol. The first-order valence-electron chi connectivity index (χ1n) is 3.69. The van der Waals surface area contributed by atoms with E-state index in [1.54, 1.807) is 0 Å². The molecule has 0 aromatic carbocycles. The van der Waals surface area contributed by atoms with Gasteiger partial charge in [-0.3, -0.25) is 0 Å². The highest BCUT2D eigenvalue weighted by Gasteiger charge is 2.20. The van der Waals surface area contributed by atoms with Crippen LogP contribution in [0.2, 0.25) is 0 Å². The van der Waals surface area contributed by atoms with Crippen molar-refractivity contribution in [3.8, 4) is 24.3 Å². The van der Waals surface area contributed by atoms with Crippen LogP contribution in [0.25, 0.3) is 0 Å². The van der Waals surface area contributed by atoms with Crippen molar-refractivity contribution in [1.29, 1.82) is 0 Å². The second-order valence-corrected chi connectivity index (χ2v) is 2.34. The Bertz CT molecular complexity index is 202. The fourth-order valence-electron chi connectivity index (χ4n) is 0.610. The van der Waals surface area contributed by atoms with Crippen molar-refractivity contribution < 1.29 is 4.74 Å². The maximum atomic E-state index is 5.04. The van der Waals surface area contributed by atoms with Crippen molar-refractivity contribution in [2.75, 3.05) is 13.2 Å². The van der Waals surface area contributed by atoms with Crippen LogP contribution in [0, 0.1) is 24.3 Å². The summed E-state index contributed by atoms with van der Waals surface area (Å²) >= 11 is 0. The molecule has 2 heteroatoms. The summed E-state index contributed by atoms with van der Waals surface area (Å²) in [5.74, 6) is 5.44. The van der Waals surface area contributed by atoms with Crippen molar-refractivity contribution in [3.63, 3.8) is 0 Å². The van der Waals surface area contributed by atoms with Crippen LogP contribution in [0.15, 0.2) is 0 Å². The summed E-state index contributed by atoms with van der Waals surface area (Å²) in [6.07, 6.45) is 6.95. The standard InChI is InChI=1S/C9H11NO/c1-2-3-4-5-6-10-7-9-8-11-9/h1,9-10H,3-4,7-8H2. The second kappa shape index (κ2) is 4.66. The second-order valence-electron chi connectivity index (χ2n) is 2.34. The van der Waals surface area contributed by atoms with Gasteiger partial charge in [0.2, 0.25) is 0 Å². The largest absolute Gasteiger partial charge is 0.371 e. The van der Waals surface area contributed by atoms with E-state index < -0.39 is 0 Å². The third-order valence-corrected chi connectivity index (χ3v) is 1.30. The van der Waals surface area contributed by atoms with Crippen LogP contribution in [-0.2, 0) is 4.74 Å². The third-order valence-electron chi connectivity index (χ3n) is 1.30. The first kappa shape index (κ1) is 7.98. The lowest BCUT2D eigenvalue weighted by Gasteiger charge is -1.88. The van der Waals surface area contributed by atoms with E-state index in [9.17, 15) is 0 Å². The highest BCUT2D eigenvalue weighted by molar-refractivity contribution is 5.00. The Labute approximate surface area is 67.3 Å². The molecule has 0 aliphatic carbocycles. The Morgan fingerprint density at radius 1 is 1.55 bits per heavy atom. The van der Waals surface area contributed by atoms with E-state index in [0.717, 1.165) is 26.0 Å².